The van der Waals surface area contributed by atoms with E-state index in [0.717, 1.165) is 54.4 Å². The highest BCUT2D eigenvalue weighted by molar-refractivity contribution is 5.80. The molecule has 172 valence electrons. The van der Waals surface area contributed by atoms with Gasteiger partial charge < -0.3 is 0 Å². The van der Waals surface area contributed by atoms with E-state index in [-0.39, 0.29) is 11.7 Å². The molecule has 4 aromatic rings. The molecule has 0 radical (unpaired) electrons. The van der Waals surface area contributed by atoms with Gasteiger partial charge in [-0.3, -0.25) is 4.57 Å². The number of H-pyrrole nitrogens is 1. The van der Waals surface area contributed by atoms with Crippen LogP contribution in [0.15, 0.2) is 53.3 Å². The molecule has 2 aromatic heterocycles. The molecule has 8 nitrogen and oxygen atoms in total. The van der Waals surface area contributed by atoms with Crippen LogP contribution in [0.25, 0.3) is 22.5 Å². The Labute approximate surface area is 198 Å². The number of hydrogen-bond donors (Lipinski definition) is 1. The lowest BCUT2D eigenvalue weighted by molar-refractivity contribution is 0.320. The lowest BCUT2D eigenvalue weighted by atomic mass is 9.96. The predicted octanol–water partition coefficient (Wildman–Crippen LogP) is 4.21. The number of aromatic amines is 1. The van der Waals surface area contributed by atoms with Gasteiger partial charge in [-0.1, -0.05) is 80.6 Å². The van der Waals surface area contributed by atoms with Gasteiger partial charge in [-0.15, -0.1) is 15.3 Å². The van der Waals surface area contributed by atoms with Crippen molar-refractivity contribution >= 4 is 0 Å². The van der Waals surface area contributed by atoms with E-state index < -0.39 is 0 Å². The summed E-state index contributed by atoms with van der Waals surface area (Å²) in [6.45, 7) is 2.44. The second kappa shape index (κ2) is 9.87. The maximum atomic E-state index is 13.3. The number of aromatic nitrogens is 7. The Morgan fingerprint density at radius 2 is 1.79 bits per heavy atom. The molecule has 0 amide bonds. The van der Waals surface area contributed by atoms with Crippen molar-refractivity contribution in [2.75, 3.05) is 0 Å². The van der Waals surface area contributed by atoms with Crippen LogP contribution in [-0.2, 0) is 6.54 Å². The third kappa shape index (κ3) is 4.42. The van der Waals surface area contributed by atoms with Crippen molar-refractivity contribution in [1.29, 1.82) is 0 Å². The van der Waals surface area contributed by atoms with E-state index in [9.17, 15) is 4.79 Å². The van der Waals surface area contributed by atoms with E-state index in [2.05, 4.69) is 49.7 Å². The fourth-order valence-electron chi connectivity index (χ4n) is 4.56. The SMILES string of the molecule is CCC#Cc1nn(C2CCCCC2)c(=O)n1Cc1ccc(-c2ccccc2-c2nn[nH]n2)cc1. The van der Waals surface area contributed by atoms with E-state index in [1.54, 1.807) is 9.25 Å². The molecule has 2 aromatic carbocycles. The Bertz CT molecular complexity index is 1370. The van der Waals surface area contributed by atoms with Gasteiger partial charge in [-0.25, -0.2) is 9.48 Å². The molecule has 0 spiro atoms. The summed E-state index contributed by atoms with van der Waals surface area (Å²) in [6, 6.07) is 16.3. The van der Waals surface area contributed by atoms with Crippen molar-refractivity contribution in [3.05, 3.63) is 70.4 Å². The number of hydrogen-bond acceptors (Lipinski definition) is 5. The second-order valence-electron chi connectivity index (χ2n) is 8.56. The summed E-state index contributed by atoms with van der Waals surface area (Å²) < 4.78 is 3.38. The van der Waals surface area contributed by atoms with Crippen molar-refractivity contribution in [3.8, 4) is 34.4 Å². The number of nitrogens with one attached hydrogen (secondary N) is 1. The summed E-state index contributed by atoms with van der Waals surface area (Å²) in [5.74, 6) is 7.28. The summed E-state index contributed by atoms with van der Waals surface area (Å²) in [5, 5.41) is 19.1. The van der Waals surface area contributed by atoms with E-state index in [0.29, 0.717) is 18.2 Å². The normalized spacial score (nSPS) is 14.0. The maximum Gasteiger partial charge on any atom is 0.347 e. The maximum absolute atomic E-state index is 13.3. The van der Waals surface area contributed by atoms with Crippen LogP contribution in [0.2, 0.25) is 0 Å². The Balaban J connectivity index is 1.45. The second-order valence-corrected chi connectivity index (χ2v) is 8.56. The van der Waals surface area contributed by atoms with E-state index in [4.69, 9.17) is 0 Å². The molecule has 1 saturated carbocycles. The predicted molar refractivity (Wildman–Crippen MR) is 130 cm³/mol. The van der Waals surface area contributed by atoms with Crippen molar-refractivity contribution in [2.45, 2.75) is 58.0 Å². The minimum atomic E-state index is -0.0705. The molecule has 1 N–H and O–H groups in total. The zero-order valence-electron chi connectivity index (χ0n) is 19.2. The molecule has 0 bridgehead atoms. The highest BCUT2D eigenvalue weighted by Gasteiger charge is 2.22. The Morgan fingerprint density at radius 1 is 1.03 bits per heavy atom. The van der Waals surface area contributed by atoms with Gasteiger partial charge in [0, 0.05) is 12.0 Å². The third-order valence-electron chi connectivity index (χ3n) is 6.30. The Kier molecular flexibility index (Phi) is 6.34. The highest BCUT2D eigenvalue weighted by atomic mass is 16.2. The molecular formula is C26H27N7O. The molecule has 0 aliphatic heterocycles. The molecule has 34 heavy (non-hydrogen) atoms. The smallest absolute Gasteiger partial charge is 0.264 e. The van der Waals surface area contributed by atoms with Gasteiger partial charge in [0.05, 0.1) is 12.6 Å². The number of benzene rings is 2. The van der Waals surface area contributed by atoms with Gasteiger partial charge in [0.15, 0.2) is 0 Å². The van der Waals surface area contributed by atoms with Crippen molar-refractivity contribution < 1.29 is 0 Å². The first-order valence-corrected chi connectivity index (χ1v) is 11.8. The monoisotopic (exact) mass is 453 g/mol. The van der Waals surface area contributed by atoms with Crippen molar-refractivity contribution in [1.82, 2.24) is 35.0 Å². The minimum Gasteiger partial charge on any atom is -0.264 e. The average molecular weight is 454 g/mol. The van der Waals surface area contributed by atoms with E-state index in [1.807, 2.05) is 43.3 Å². The highest BCUT2D eigenvalue weighted by Crippen LogP contribution is 2.30. The number of rotatable bonds is 5. The van der Waals surface area contributed by atoms with Crippen LogP contribution in [0.4, 0.5) is 0 Å². The largest absolute Gasteiger partial charge is 0.347 e. The fourth-order valence-corrected chi connectivity index (χ4v) is 4.56. The Morgan fingerprint density at radius 3 is 2.50 bits per heavy atom. The van der Waals surface area contributed by atoms with Crippen LogP contribution in [0, 0.1) is 11.8 Å². The standard InChI is InChI=1S/C26H27N7O/c1-2-3-13-24-29-33(21-9-5-4-6-10-21)26(34)32(24)18-19-14-16-20(17-15-19)22-11-7-8-12-23(22)25-27-30-31-28-25/h7-8,11-12,14-17,21H,2,4-6,9-10,18H2,1H3,(H,27,28,30,31). The number of tetrazole rings is 1. The molecule has 2 heterocycles. The van der Waals surface area contributed by atoms with Crippen LogP contribution < -0.4 is 5.69 Å². The van der Waals surface area contributed by atoms with Gasteiger partial charge in [-0.05, 0) is 40.7 Å². The summed E-state index contributed by atoms with van der Waals surface area (Å²) in [6.07, 6.45) is 6.26. The first-order chi connectivity index (χ1) is 16.7. The molecule has 0 atom stereocenters. The molecule has 5 rings (SSSR count). The van der Waals surface area contributed by atoms with Crippen LogP contribution in [0.1, 0.15) is 62.9 Å². The summed E-state index contributed by atoms with van der Waals surface area (Å²) in [7, 11) is 0. The van der Waals surface area contributed by atoms with Gasteiger partial charge in [0.1, 0.15) is 0 Å². The molecule has 8 heteroatoms. The topological polar surface area (TPSA) is 94.3 Å². The first-order valence-electron chi connectivity index (χ1n) is 11.8. The molecular weight excluding hydrogens is 426 g/mol. The molecule has 1 fully saturated rings. The third-order valence-corrected chi connectivity index (χ3v) is 6.30. The lowest BCUT2D eigenvalue weighted by Gasteiger charge is -2.20. The summed E-state index contributed by atoms with van der Waals surface area (Å²) in [5.41, 5.74) is 3.92. The van der Waals surface area contributed by atoms with Crippen LogP contribution in [0.3, 0.4) is 0 Å². The van der Waals surface area contributed by atoms with E-state index in [1.165, 1.54) is 6.42 Å². The van der Waals surface area contributed by atoms with Crippen LogP contribution >= 0.6 is 0 Å². The van der Waals surface area contributed by atoms with Crippen molar-refractivity contribution in [2.24, 2.45) is 0 Å². The fraction of sp³-hybridized carbons (Fsp3) is 0.346. The quantitative estimate of drug-likeness (QED) is 0.457. The van der Waals surface area contributed by atoms with E-state index >= 15 is 0 Å². The molecule has 0 unspecified atom stereocenters. The summed E-state index contributed by atoms with van der Waals surface area (Å²) in [4.78, 5) is 13.3. The molecule has 1 aliphatic carbocycles. The van der Waals surface area contributed by atoms with Gasteiger partial charge in [0.2, 0.25) is 11.6 Å². The zero-order chi connectivity index (χ0) is 23.3. The van der Waals surface area contributed by atoms with Crippen molar-refractivity contribution in [3.63, 3.8) is 0 Å². The van der Waals surface area contributed by atoms with Gasteiger partial charge >= 0.3 is 5.69 Å². The molecule has 1 aliphatic rings. The zero-order valence-corrected chi connectivity index (χ0v) is 19.2. The summed E-state index contributed by atoms with van der Waals surface area (Å²) >= 11 is 0. The average Bonchev–Trinajstić information content (AvgIpc) is 3.53. The van der Waals surface area contributed by atoms with Crippen LogP contribution in [-0.4, -0.2) is 35.0 Å². The number of nitrogens with zero attached hydrogens (tertiary/aromatic N) is 6. The first kappa shape index (κ1) is 21.8. The van der Waals surface area contributed by atoms with Gasteiger partial charge in [0.25, 0.3) is 0 Å². The van der Waals surface area contributed by atoms with Gasteiger partial charge in [-0.2, -0.15) is 5.21 Å². The van der Waals surface area contributed by atoms with Crippen LogP contribution in [0.5, 0.6) is 0 Å². The Hall–Kier alpha value is -3.99. The molecule has 0 saturated heterocycles. The lowest BCUT2D eigenvalue weighted by Crippen LogP contribution is -2.29. The minimum absolute atomic E-state index is 0.0705.